The monoisotopic (exact) mass is 533 g/mol. The van der Waals surface area contributed by atoms with Crippen LogP contribution in [0, 0.1) is 31.6 Å². The molecule has 3 aliphatic heterocycles. The highest BCUT2D eigenvalue weighted by molar-refractivity contribution is 6.04. The molecule has 0 aromatic heterocycles. The highest BCUT2D eigenvalue weighted by atomic mass is 16.5. The number of benzene rings is 2. The van der Waals surface area contributed by atoms with Crippen LogP contribution in [0.4, 0.5) is 5.69 Å². The highest BCUT2D eigenvalue weighted by Crippen LogP contribution is 2.66. The average Bonchev–Trinajstić information content (AvgIpc) is 3.43. The lowest BCUT2D eigenvalue weighted by Gasteiger charge is -2.37. The molecule has 39 heavy (non-hydrogen) atoms. The SMILES string of the molecule is CCCNC(=O)[C@@H]1[C@H]2C(=O)N([C@H](CO)c3ccccc3)C(C(=O)Nc3c(C)cccc3C)C23CC(C)[C@@]1(C)O3. The molecule has 3 heterocycles. The van der Waals surface area contributed by atoms with Crippen LogP contribution in [0.2, 0.25) is 0 Å². The number of carbonyl (C=O) groups is 3. The Morgan fingerprint density at radius 3 is 2.38 bits per heavy atom. The van der Waals surface area contributed by atoms with Crippen molar-refractivity contribution in [3.05, 3.63) is 65.2 Å². The van der Waals surface area contributed by atoms with E-state index in [1.807, 2.05) is 83.1 Å². The van der Waals surface area contributed by atoms with E-state index >= 15 is 0 Å². The minimum absolute atomic E-state index is 0.0568. The van der Waals surface area contributed by atoms with E-state index in [0.29, 0.717) is 18.7 Å². The molecular formula is C31H39N3O5. The van der Waals surface area contributed by atoms with E-state index in [9.17, 15) is 19.5 Å². The number of amides is 3. The van der Waals surface area contributed by atoms with Gasteiger partial charge in [0.15, 0.2) is 0 Å². The summed E-state index contributed by atoms with van der Waals surface area (Å²) in [7, 11) is 0. The molecular weight excluding hydrogens is 494 g/mol. The molecule has 1 spiro atoms. The van der Waals surface area contributed by atoms with E-state index in [4.69, 9.17) is 4.74 Å². The third-order valence-electron chi connectivity index (χ3n) is 9.25. The summed E-state index contributed by atoms with van der Waals surface area (Å²) < 4.78 is 6.79. The summed E-state index contributed by atoms with van der Waals surface area (Å²) in [6.07, 6.45) is 1.23. The Balaban J connectivity index is 1.64. The van der Waals surface area contributed by atoms with E-state index in [0.717, 1.165) is 23.1 Å². The molecule has 3 N–H and O–H groups in total. The van der Waals surface area contributed by atoms with Crippen molar-refractivity contribution in [2.45, 2.75) is 70.7 Å². The van der Waals surface area contributed by atoms with E-state index in [2.05, 4.69) is 10.6 Å². The molecule has 208 valence electrons. The molecule has 7 atom stereocenters. The number of aliphatic hydroxyl groups excluding tert-OH is 1. The molecule has 8 nitrogen and oxygen atoms in total. The molecule has 3 fully saturated rings. The molecule has 3 unspecified atom stereocenters. The van der Waals surface area contributed by atoms with Gasteiger partial charge < -0.3 is 25.4 Å². The molecule has 2 aromatic carbocycles. The number of carbonyl (C=O) groups excluding carboxylic acids is 3. The highest BCUT2D eigenvalue weighted by Gasteiger charge is 2.80. The number of nitrogens with one attached hydrogen (secondary N) is 2. The lowest BCUT2D eigenvalue weighted by molar-refractivity contribution is -0.149. The first kappa shape index (κ1) is 27.3. The van der Waals surface area contributed by atoms with Crippen LogP contribution in [0.15, 0.2) is 48.5 Å². The quantitative estimate of drug-likeness (QED) is 0.481. The number of ether oxygens (including phenoxy) is 1. The molecule has 0 aliphatic carbocycles. The fourth-order valence-corrected chi connectivity index (χ4v) is 7.30. The Labute approximate surface area is 230 Å². The summed E-state index contributed by atoms with van der Waals surface area (Å²) >= 11 is 0. The van der Waals surface area contributed by atoms with Crippen LogP contribution in [0.25, 0.3) is 0 Å². The fourth-order valence-electron chi connectivity index (χ4n) is 7.30. The van der Waals surface area contributed by atoms with Crippen molar-refractivity contribution < 1.29 is 24.2 Å². The predicted octanol–water partition coefficient (Wildman–Crippen LogP) is 3.51. The second-order valence-corrected chi connectivity index (χ2v) is 11.6. The zero-order valence-electron chi connectivity index (χ0n) is 23.4. The van der Waals surface area contributed by atoms with Gasteiger partial charge in [-0.2, -0.15) is 0 Å². The number of anilines is 1. The summed E-state index contributed by atoms with van der Waals surface area (Å²) in [5.74, 6) is -2.55. The second-order valence-electron chi connectivity index (χ2n) is 11.6. The van der Waals surface area contributed by atoms with E-state index < -0.39 is 35.1 Å². The minimum atomic E-state index is -1.19. The molecule has 3 saturated heterocycles. The van der Waals surface area contributed by atoms with E-state index in [1.165, 1.54) is 4.90 Å². The van der Waals surface area contributed by atoms with Gasteiger partial charge in [0.1, 0.15) is 11.6 Å². The Bertz CT molecular complexity index is 1260. The van der Waals surface area contributed by atoms with Crippen LogP contribution in [-0.2, 0) is 19.1 Å². The standard InChI is InChI=1S/C31H39N3O5/c1-6-15-32-27(36)23-24-29(38)34(22(17-35)21-13-8-7-9-14-21)26(31(24)16-20(4)30(23,5)39-31)28(37)33-25-18(2)11-10-12-19(25)3/h7-14,20,22-24,26,35H,6,15-17H2,1-5H3,(H,32,36)(H,33,37)/t20?,22-,23+,24+,26?,30-,31?/m1/s1. The predicted molar refractivity (Wildman–Crippen MR) is 148 cm³/mol. The van der Waals surface area contributed by atoms with Gasteiger partial charge in [-0.05, 0) is 56.2 Å². The van der Waals surface area contributed by atoms with Crippen molar-refractivity contribution in [3.8, 4) is 0 Å². The Kier molecular flexibility index (Phi) is 7.06. The molecule has 2 bridgehead atoms. The summed E-state index contributed by atoms with van der Waals surface area (Å²) in [6.45, 7) is 9.89. The number of aryl methyl sites for hydroxylation is 2. The number of likely N-dealkylation sites (tertiary alicyclic amines) is 1. The van der Waals surface area contributed by atoms with Crippen molar-refractivity contribution in [1.82, 2.24) is 10.2 Å². The second kappa shape index (κ2) is 10.1. The summed E-state index contributed by atoms with van der Waals surface area (Å²) in [5, 5.41) is 16.7. The van der Waals surface area contributed by atoms with Crippen LogP contribution in [-0.4, -0.2) is 58.1 Å². The normalized spacial score (nSPS) is 31.7. The number of aliphatic hydroxyl groups is 1. The largest absolute Gasteiger partial charge is 0.394 e. The zero-order valence-corrected chi connectivity index (χ0v) is 23.4. The van der Waals surface area contributed by atoms with Gasteiger partial charge >= 0.3 is 0 Å². The van der Waals surface area contributed by atoms with Gasteiger partial charge in [0.25, 0.3) is 0 Å². The Morgan fingerprint density at radius 2 is 1.77 bits per heavy atom. The smallest absolute Gasteiger partial charge is 0.250 e. The van der Waals surface area contributed by atoms with Crippen molar-refractivity contribution in [2.24, 2.45) is 17.8 Å². The number of para-hydroxylation sites is 1. The Hall–Kier alpha value is -3.23. The number of rotatable bonds is 8. The maximum absolute atomic E-state index is 14.5. The maximum Gasteiger partial charge on any atom is 0.250 e. The van der Waals surface area contributed by atoms with Crippen molar-refractivity contribution in [3.63, 3.8) is 0 Å². The number of nitrogens with zero attached hydrogens (tertiary/aromatic N) is 1. The lowest BCUT2D eigenvalue weighted by Crippen LogP contribution is -2.55. The summed E-state index contributed by atoms with van der Waals surface area (Å²) in [6, 6.07) is 13.2. The number of hydrogen-bond donors (Lipinski definition) is 3. The van der Waals surface area contributed by atoms with Crippen molar-refractivity contribution >= 4 is 23.4 Å². The van der Waals surface area contributed by atoms with Crippen LogP contribution >= 0.6 is 0 Å². The van der Waals surface area contributed by atoms with Gasteiger partial charge in [0, 0.05) is 12.2 Å². The zero-order chi connectivity index (χ0) is 28.1. The van der Waals surface area contributed by atoms with E-state index in [-0.39, 0.29) is 30.2 Å². The molecule has 0 saturated carbocycles. The average molecular weight is 534 g/mol. The third kappa shape index (κ3) is 4.07. The van der Waals surface area contributed by atoms with Gasteiger partial charge in [-0.3, -0.25) is 14.4 Å². The van der Waals surface area contributed by atoms with Crippen LogP contribution in [0.1, 0.15) is 56.3 Å². The number of fused-ring (bicyclic) bond motifs is 1. The first-order chi connectivity index (χ1) is 18.6. The van der Waals surface area contributed by atoms with Crippen molar-refractivity contribution in [2.75, 3.05) is 18.5 Å². The van der Waals surface area contributed by atoms with Crippen LogP contribution in [0.3, 0.4) is 0 Å². The van der Waals surface area contributed by atoms with Gasteiger partial charge in [-0.1, -0.05) is 62.4 Å². The Morgan fingerprint density at radius 1 is 1.10 bits per heavy atom. The number of hydrogen-bond acceptors (Lipinski definition) is 5. The first-order valence-electron chi connectivity index (χ1n) is 13.9. The summed E-state index contributed by atoms with van der Waals surface area (Å²) in [4.78, 5) is 43.9. The van der Waals surface area contributed by atoms with Gasteiger partial charge in [0.2, 0.25) is 17.7 Å². The fraction of sp³-hybridized carbons (Fsp3) is 0.516. The van der Waals surface area contributed by atoms with E-state index in [1.54, 1.807) is 0 Å². The third-order valence-corrected chi connectivity index (χ3v) is 9.25. The molecule has 5 rings (SSSR count). The van der Waals surface area contributed by atoms with Gasteiger partial charge in [-0.15, -0.1) is 0 Å². The van der Waals surface area contributed by atoms with Crippen molar-refractivity contribution in [1.29, 1.82) is 0 Å². The summed E-state index contributed by atoms with van der Waals surface area (Å²) in [5.41, 5.74) is 1.15. The molecule has 8 heteroatoms. The van der Waals surface area contributed by atoms with Gasteiger partial charge in [-0.25, -0.2) is 0 Å². The molecule has 3 amide bonds. The van der Waals surface area contributed by atoms with Crippen LogP contribution < -0.4 is 10.6 Å². The lowest BCUT2D eigenvalue weighted by atomic mass is 9.62. The molecule has 0 radical (unpaired) electrons. The van der Waals surface area contributed by atoms with Gasteiger partial charge in [0.05, 0.1) is 30.1 Å². The van der Waals surface area contributed by atoms with Crippen LogP contribution in [0.5, 0.6) is 0 Å². The minimum Gasteiger partial charge on any atom is -0.394 e. The maximum atomic E-state index is 14.5. The molecule has 3 aliphatic rings. The topological polar surface area (TPSA) is 108 Å². The molecule has 2 aromatic rings. The first-order valence-corrected chi connectivity index (χ1v) is 13.9.